The highest BCUT2D eigenvalue weighted by Crippen LogP contribution is 2.27. The third-order valence-corrected chi connectivity index (χ3v) is 5.46. The van der Waals surface area contributed by atoms with Crippen LogP contribution in [0.5, 0.6) is 0 Å². The molecule has 106 valence electrons. The molecule has 1 fully saturated rings. The summed E-state index contributed by atoms with van der Waals surface area (Å²) < 4.78 is 32.3. The number of rotatable bonds is 2. The average molecular weight is 284 g/mol. The van der Waals surface area contributed by atoms with Crippen molar-refractivity contribution in [1.82, 2.24) is 4.31 Å². The summed E-state index contributed by atoms with van der Waals surface area (Å²) >= 11 is 0. The summed E-state index contributed by atoms with van der Waals surface area (Å²) in [6.07, 6.45) is -0.0714. The van der Waals surface area contributed by atoms with Crippen LogP contribution in [0, 0.1) is 13.8 Å². The van der Waals surface area contributed by atoms with Crippen LogP contribution in [0.1, 0.15) is 18.1 Å². The third-order valence-electron chi connectivity index (χ3n) is 3.28. The Hall–Kier alpha value is -1.11. The highest BCUT2D eigenvalue weighted by Gasteiger charge is 2.31. The van der Waals surface area contributed by atoms with Gasteiger partial charge in [-0.25, -0.2) is 8.42 Å². The van der Waals surface area contributed by atoms with Crippen molar-refractivity contribution in [2.24, 2.45) is 0 Å². The highest BCUT2D eigenvalue weighted by atomic mass is 32.2. The fourth-order valence-electron chi connectivity index (χ4n) is 2.52. The van der Waals surface area contributed by atoms with Crippen molar-refractivity contribution in [1.29, 1.82) is 0 Å². The van der Waals surface area contributed by atoms with Crippen LogP contribution < -0.4 is 5.73 Å². The summed E-state index contributed by atoms with van der Waals surface area (Å²) in [6.45, 7) is 6.67. The van der Waals surface area contributed by atoms with Gasteiger partial charge in [-0.2, -0.15) is 4.31 Å². The zero-order valence-electron chi connectivity index (χ0n) is 11.5. The fraction of sp³-hybridized carbons (Fsp3) is 0.538. The van der Waals surface area contributed by atoms with Crippen LogP contribution >= 0.6 is 0 Å². The number of morpholine rings is 1. The molecule has 1 aliphatic rings. The van der Waals surface area contributed by atoms with E-state index in [1.54, 1.807) is 26.0 Å². The molecule has 1 aromatic rings. The minimum Gasteiger partial charge on any atom is -0.399 e. The molecule has 0 bridgehead atoms. The molecule has 0 saturated carbocycles. The molecule has 1 aliphatic heterocycles. The van der Waals surface area contributed by atoms with E-state index in [-0.39, 0.29) is 6.10 Å². The Balaban J connectivity index is 2.45. The smallest absolute Gasteiger partial charge is 0.243 e. The Morgan fingerprint density at radius 2 is 1.89 bits per heavy atom. The van der Waals surface area contributed by atoms with Gasteiger partial charge in [-0.1, -0.05) is 0 Å². The lowest BCUT2D eigenvalue weighted by Gasteiger charge is -2.31. The van der Waals surface area contributed by atoms with Crippen molar-refractivity contribution in [2.45, 2.75) is 31.8 Å². The van der Waals surface area contributed by atoms with E-state index < -0.39 is 10.0 Å². The van der Waals surface area contributed by atoms with Crippen molar-refractivity contribution < 1.29 is 13.2 Å². The minimum atomic E-state index is -3.48. The summed E-state index contributed by atoms with van der Waals surface area (Å²) in [5.74, 6) is 0. The number of nitrogens with two attached hydrogens (primary N) is 1. The number of hydrogen-bond acceptors (Lipinski definition) is 4. The second-order valence-electron chi connectivity index (χ2n) is 5.03. The Kier molecular flexibility index (Phi) is 3.85. The fourth-order valence-corrected chi connectivity index (χ4v) is 4.44. The lowest BCUT2D eigenvalue weighted by Crippen LogP contribution is -2.44. The Labute approximate surface area is 114 Å². The van der Waals surface area contributed by atoms with Crippen LogP contribution in [0.25, 0.3) is 0 Å². The van der Waals surface area contributed by atoms with Gasteiger partial charge in [-0.3, -0.25) is 0 Å². The topological polar surface area (TPSA) is 72.6 Å². The van der Waals surface area contributed by atoms with Gasteiger partial charge in [0.05, 0.1) is 17.6 Å². The van der Waals surface area contributed by atoms with Gasteiger partial charge in [0.15, 0.2) is 0 Å². The predicted molar refractivity (Wildman–Crippen MR) is 74.5 cm³/mol. The first-order valence-corrected chi connectivity index (χ1v) is 7.75. The normalized spacial score (nSPS) is 21.5. The second kappa shape index (κ2) is 5.11. The highest BCUT2D eigenvalue weighted by molar-refractivity contribution is 7.89. The number of aryl methyl sites for hydroxylation is 2. The van der Waals surface area contributed by atoms with Crippen LogP contribution in [0.15, 0.2) is 17.0 Å². The molecule has 0 amide bonds. The van der Waals surface area contributed by atoms with E-state index in [1.807, 2.05) is 6.92 Å². The number of ether oxygens (including phenoxy) is 1. The van der Waals surface area contributed by atoms with Gasteiger partial charge in [-0.05, 0) is 44.0 Å². The van der Waals surface area contributed by atoms with Gasteiger partial charge in [-0.15, -0.1) is 0 Å². The molecule has 1 aromatic carbocycles. The molecule has 1 heterocycles. The van der Waals surface area contributed by atoms with Crippen molar-refractivity contribution in [3.05, 3.63) is 23.3 Å². The standard InChI is InChI=1S/C13H20N2O3S/c1-9-6-12(14)7-10(2)13(9)19(16,17)15-4-5-18-11(3)8-15/h6-7,11H,4-5,8,14H2,1-3H3. The molecule has 1 saturated heterocycles. The minimum absolute atomic E-state index is 0.0714. The predicted octanol–water partition coefficient (Wildman–Crippen LogP) is 1.30. The van der Waals surface area contributed by atoms with E-state index >= 15 is 0 Å². The maximum absolute atomic E-state index is 12.7. The van der Waals surface area contributed by atoms with Gasteiger partial charge in [0.1, 0.15) is 0 Å². The largest absolute Gasteiger partial charge is 0.399 e. The zero-order chi connectivity index (χ0) is 14.2. The van der Waals surface area contributed by atoms with Gasteiger partial charge in [0.2, 0.25) is 10.0 Å². The van der Waals surface area contributed by atoms with Crippen LogP contribution in [0.4, 0.5) is 5.69 Å². The first-order chi connectivity index (χ1) is 8.82. The quantitative estimate of drug-likeness (QED) is 0.831. The zero-order valence-corrected chi connectivity index (χ0v) is 12.3. The molecule has 0 spiro atoms. The summed E-state index contributed by atoms with van der Waals surface area (Å²) in [6, 6.07) is 3.40. The maximum Gasteiger partial charge on any atom is 0.243 e. The molecule has 6 heteroatoms. The van der Waals surface area contributed by atoms with E-state index in [2.05, 4.69) is 0 Å². The van der Waals surface area contributed by atoms with Gasteiger partial charge >= 0.3 is 0 Å². The number of nitrogens with zero attached hydrogens (tertiary/aromatic N) is 1. The Morgan fingerprint density at radius 1 is 1.32 bits per heavy atom. The van der Waals surface area contributed by atoms with Crippen LogP contribution in [0.2, 0.25) is 0 Å². The number of nitrogen functional groups attached to an aromatic ring is 1. The molecular weight excluding hydrogens is 264 g/mol. The molecule has 5 nitrogen and oxygen atoms in total. The molecular formula is C13H20N2O3S. The maximum atomic E-state index is 12.7. The number of hydrogen-bond donors (Lipinski definition) is 1. The van der Waals surface area contributed by atoms with Crippen molar-refractivity contribution >= 4 is 15.7 Å². The molecule has 19 heavy (non-hydrogen) atoms. The van der Waals surface area contributed by atoms with Crippen molar-refractivity contribution in [3.63, 3.8) is 0 Å². The molecule has 2 rings (SSSR count). The Morgan fingerprint density at radius 3 is 2.42 bits per heavy atom. The van der Waals surface area contributed by atoms with E-state index in [0.717, 1.165) is 0 Å². The van der Waals surface area contributed by atoms with Crippen LogP contribution in [0.3, 0.4) is 0 Å². The first-order valence-electron chi connectivity index (χ1n) is 6.31. The molecule has 2 N–H and O–H groups in total. The lowest BCUT2D eigenvalue weighted by atomic mass is 10.1. The van der Waals surface area contributed by atoms with Gasteiger partial charge in [0, 0.05) is 18.8 Å². The summed E-state index contributed by atoms with van der Waals surface area (Å²) in [5.41, 5.74) is 7.71. The second-order valence-corrected chi connectivity index (χ2v) is 6.90. The average Bonchev–Trinajstić information content (AvgIpc) is 2.26. The monoisotopic (exact) mass is 284 g/mol. The number of sulfonamides is 1. The van der Waals surface area contributed by atoms with Crippen LogP contribution in [-0.2, 0) is 14.8 Å². The molecule has 1 unspecified atom stereocenters. The van der Waals surface area contributed by atoms with Gasteiger partial charge in [0.25, 0.3) is 0 Å². The van der Waals surface area contributed by atoms with E-state index in [1.165, 1.54) is 4.31 Å². The molecule has 0 radical (unpaired) electrons. The van der Waals surface area contributed by atoms with Crippen LogP contribution in [-0.4, -0.2) is 38.5 Å². The molecule has 0 aliphatic carbocycles. The van der Waals surface area contributed by atoms with E-state index in [4.69, 9.17) is 10.5 Å². The Bertz CT molecular complexity index is 561. The summed E-state index contributed by atoms with van der Waals surface area (Å²) in [5, 5.41) is 0. The lowest BCUT2D eigenvalue weighted by molar-refractivity contribution is 0.0101. The first kappa shape index (κ1) is 14.3. The summed E-state index contributed by atoms with van der Waals surface area (Å²) in [4.78, 5) is 0.371. The van der Waals surface area contributed by atoms with E-state index in [9.17, 15) is 8.42 Å². The molecule has 0 aromatic heterocycles. The number of benzene rings is 1. The number of anilines is 1. The van der Waals surface area contributed by atoms with Gasteiger partial charge < -0.3 is 10.5 Å². The van der Waals surface area contributed by atoms with Crippen molar-refractivity contribution in [3.8, 4) is 0 Å². The summed E-state index contributed by atoms with van der Waals surface area (Å²) in [7, 11) is -3.48. The third kappa shape index (κ3) is 2.75. The van der Waals surface area contributed by atoms with Crippen molar-refractivity contribution in [2.75, 3.05) is 25.4 Å². The molecule has 1 atom stereocenters. The SMILES string of the molecule is Cc1cc(N)cc(C)c1S(=O)(=O)N1CCOC(C)C1. The van der Waals surface area contributed by atoms with E-state index in [0.29, 0.717) is 41.4 Å².